The second-order valence-corrected chi connectivity index (χ2v) is 8.20. The van der Waals surface area contributed by atoms with Gasteiger partial charge in [-0.25, -0.2) is 0 Å². The molecule has 3 rings (SSSR count). The minimum absolute atomic E-state index is 0.0211. The van der Waals surface area contributed by atoms with E-state index in [2.05, 4.69) is 79.8 Å². The van der Waals surface area contributed by atoms with Crippen LogP contribution in [0.5, 0.6) is 0 Å². The molecule has 0 radical (unpaired) electrons. The van der Waals surface area contributed by atoms with Gasteiger partial charge in [0, 0.05) is 12.1 Å². The van der Waals surface area contributed by atoms with Gasteiger partial charge in [0.15, 0.2) is 0 Å². The maximum atomic E-state index is 11.8. The van der Waals surface area contributed by atoms with Gasteiger partial charge in [-0.3, -0.25) is 4.79 Å². The number of hydrogen-bond donors (Lipinski definition) is 1. The first-order valence-electron chi connectivity index (χ1n) is 10.3. The van der Waals surface area contributed by atoms with Gasteiger partial charge in [0.1, 0.15) is 0 Å². The fourth-order valence-electron chi connectivity index (χ4n) is 3.31. The maximum absolute atomic E-state index is 11.8. The highest BCUT2D eigenvalue weighted by molar-refractivity contribution is 5.87. The molecule has 2 aromatic carbocycles. The van der Waals surface area contributed by atoms with Crippen LogP contribution in [0, 0.1) is 11.8 Å². The second kappa shape index (κ2) is 9.54. The first kappa shape index (κ1) is 20.1. The van der Waals surface area contributed by atoms with E-state index in [-0.39, 0.29) is 11.9 Å². The van der Waals surface area contributed by atoms with Crippen LogP contribution in [0.4, 0.5) is 0 Å². The lowest BCUT2D eigenvalue weighted by atomic mass is 10.0. The Morgan fingerprint density at radius 2 is 1.68 bits per heavy atom. The fourth-order valence-corrected chi connectivity index (χ4v) is 3.31. The third-order valence-corrected chi connectivity index (χ3v) is 5.59. The number of allylic oxidation sites excluding steroid dienone is 3. The van der Waals surface area contributed by atoms with Crippen molar-refractivity contribution in [3.63, 3.8) is 0 Å². The predicted octanol–water partition coefficient (Wildman–Crippen LogP) is 5.65. The zero-order chi connectivity index (χ0) is 19.9. The lowest BCUT2D eigenvalue weighted by Crippen LogP contribution is -2.34. The van der Waals surface area contributed by atoms with Crippen molar-refractivity contribution < 1.29 is 4.79 Å². The Balaban J connectivity index is 1.45. The van der Waals surface area contributed by atoms with Crippen LogP contribution in [0.25, 0.3) is 0 Å². The summed E-state index contributed by atoms with van der Waals surface area (Å²) in [5, 5.41) is 2.98. The molecule has 1 fully saturated rings. The monoisotopic (exact) mass is 373 g/mol. The highest BCUT2D eigenvalue weighted by Gasteiger charge is 2.35. The molecule has 3 atom stereocenters. The maximum Gasteiger partial charge on any atom is 0.244 e. The van der Waals surface area contributed by atoms with Crippen molar-refractivity contribution in [3.8, 4) is 0 Å². The molecule has 1 aliphatic carbocycles. The van der Waals surface area contributed by atoms with Gasteiger partial charge in [-0.1, -0.05) is 86.7 Å². The summed E-state index contributed by atoms with van der Waals surface area (Å²) in [5.41, 5.74) is 4.12. The van der Waals surface area contributed by atoms with Gasteiger partial charge in [-0.05, 0) is 54.2 Å². The Labute approximate surface area is 169 Å². The first-order chi connectivity index (χ1) is 13.5. The number of carbonyl (C=O) groups is 1. The Kier molecular flexibility index (Phi) is 6.86. The van der Waals surface area contributed by atoms with Crippen molar-refractivity contribution in [1.82, 2.24) is 5.32 Å². The van der Waals surface area contributed by atoms with Crippen molar-refractivity contribution in [3.05, 3.63) is 95.6 Å². The van der Waals surface area contributed by atoms with Crippen molar-refractivity contribution in [2.45, 2.75) is 45.6 Å². The number of hydrogen-bond acceptors (Lipinski definition) is 1. The van der Waals surface area contributed by atoms with E-state index >= 15 is 0 Å². The molecule has 3 unspecified atom stereocenters. The molecular weight excluding hydrogens is 342 g/mol. The summed E-state index contributed by atoms with van der Waals surface area (Å²) < 4.78 is 0. The largest absolute Gasteiger partial charge is 0.350 e. The average Bonchev–Trinajstić information content (AvgIpc) is 3.46. The number of nitrogens with one attached hydrogen (secondary N) is 1. The second-order valence-electron chi connectivity index (χ2n) is 8.20. The van der Waals surface area contributed by atoms with Gasteiger partial charge in [0.05, 0.1) is 0 Å². The molecule has 0 spiro atoms. The molecule has 1 N–H and O–H groups in total. The Hall–Kier alpha value is -2.61. The molecule has 1 amide bonds. The topological polar surface area (TPSA) is 29.1 Å². The van der Waals surface area contributed by atoms with Crippen molar-refractivity contribution >= 4 is 5.91 Å². The molecule has 0 aliphatic heterocycles. The molecule has 0 saturated heterocycles. The Morgan fingerprint density at radius 3 is 2.36 bits per heavy atom. The van der Waals surface area contributed by atoms with Gasteiger partial charge in [0.25, 0.3) is 0 Å². The molecule has 2 aromatic rings. The molecular formula is C26H31NO. The molecule has 1 aliphatic rings. The van der Waals surface area contributed by atoms with Gasteiger partial charge >= 0.3 is 0 Å². The quantitative estimate of drug-likeness (QED) is 0.470. The molecule has 2 heteroatoms. The zero-order valence-corrected chi connectivity index (χ0v) is 17.1. The van der Waals surface area contributed by atoms with E-state index in [1.165, 1.54) is 23.1 Å². The third kappa shape index (κ3) is 5.95. The number of amides is 1. The third-order valence-electron chi connectivity index (χ3n) is 5.59. The molecule has 2 nitrogen and oxygen atoms in total. The Morgan fingerprint density at radius 1 is 1.00 bits per heavy atom. The SMILES string of the molecule is CC(C)C(C)NC(=O)C=CC=CC1CC1c1ccc(Cc2ccccc2)cc1. The van der Waals surface area contributed by atoms with Gasteiger partial charge in [-0.2, -0.15) is 0 Å². The molecule has 28 heavy (non-hydrogen) atoms. The molecule has 146 valence electrons. The fraction of sp³-hybridized carbons (Fsp3) is 0.346. The summed E-state index contributed by atoms with van der Waals surface area (Å²) in [5.74, 6) is 1.62. The van der Waals surface area contributed by atoms with Crippen LogP contribution < -0.4 is 5.32 Å². The van der Waals surface area contributed by atoms with Crippen LogP contribution in [0.3, 0.4) is 0 Å². The van der Waals surface area contributed by atoms with Gasteiger partial charge in [-0.15, -0.1) is 0 Å². The van der Waals surface area contributed by atoms with Gasteiger partial charge < -0.3 is 5.32 Å². The predicted molar refractivity (Wildman–Crippen MR) is 117 cm³/mol. The smallest absolute Gasteiger partial charge is 0.244 e. The molecule has 0 bridgehead atoms. The highest BCUT2D eigenvalue weighted by Crippen LogP contribution is 2.48. The molecule has 0 heterocycles. The molecule has 0 aromatic heterocycles. The minimum Gasteiger partial charge on any atom is -0.350 e. The number of benzene rings is 2. The Bertz CT molecular complexity index is 817. The molecule has 1 saturated carbocycles. The van der Waals surface area contributed by atoms with Crippen LogP contribution in [0.1, 0.15) is 49.8 Å². The van der Waals surface area contributed by atoms with Crippen molar-refractivity contribution in [2.24, 2.45) is 11.8 Å². The summed E-state index contributed by atoms with van der Waals surface area (Å²) in [6.07, 6.45) is 9.87. The minimum atomic E-state index is -0.0211. The van der Waals surface area contributed by atoms with E-state index in [4.69, 9.17) is 0 Å². The van der Waals surface area contributed by atoms with Crippen LogP contribution in [-0.4, -0.2) is 11.9 Å². The van der Waals surface area contributed by atoms with Crippen LogP contribution in [-0.2, 0) is 11.2 Å². The van der Waals surface area contributed by atoms with E-state index < -0.39 is 0 Å². The van der Waals surface area contributed by atoms with Crippen LogP contribution in [0.15, 0.2) is 78.9 Å². The van der Waals surface area contributed by atoms with E-state index in [0.717, 1.165) is 6.42 Å². The lowest BCUT2D eigenvalue weighted by Gasteiger charge is -2.15. The zero-order valence-electron chi connectivity index (χ0n) is 17.1. The summed E-state index contributed by atoms with van der Waals surface area (Å²) in [6, 6.07) is 19.8. The summed E-state index contributed by atoms with van der Waals surface area (Å²) in [6.45, 7) is 6.25. The highest BCUT2D eigenvalue weighted by atomic mass is 16.1. The van der Waals surface area contributed by atoms with E-state index in [9.17, 15) is 4.79 Å². The van der Waals surface area contributed by atoms with Crippen molar-refractivity contribution in [1.29, 1.82) is 0 Å². The summed E-state index contributed by atoms with van der Waals surface area (Å²) in [4.78, 5) is 11.8. The standard InChI is InChI=1S/C26H31NO/c1-19(2)20(3)27-26(28)12-8-7-11-24-18-25(24)23-15-13-22(14-16-23)17-21-9-5-4-6-10-21/h4-16,19-20,24-25H,17-18H2,1-3H3,(H,27,28). The normalized spacial score (nSPS) is 20.0. The summed E-state index contributed by atoms with van der Waals surface area (Å²) >= 11 is 0. The van der Waals surface area contributed by atoms with Gasteiger partial charge in [0.2, 0.25) is 5.91 Å². The first-order valence-corrected chi connectivity index (χ1v) is 10.3. The van der Waals surface area contributed by atoms with Crippen LogP contribution in [0.2, 0.25) is 0 Å². The average molecular weight is 374 g/mol. The number of rotatable bonds is 8. The van der Waals surface area contributed by atoms with E-state index in [1.807, 2.05) is 19.1 Å². The summed E-state index contributed by atoms with van der Waals surface area (Å²) in [7, 11) is 0. The van der Waals surface area contributed by atoms with E-state index in [1.54, 1.807) is 6.08 Å². The lowest BCUT2D eigenvalue weighted by molar-refractivity contribution is -0.117. The number of carbonyl (C=O) groups excluding carboxylic acids is 1. The van der Waals surface area contributed by atoms with Crippen molar-refractivity contribution in [2.75, 3.05) is 0 Å². The van der Waals surface area contributed by atoms with Crippen LogP contribution >= 0.6 is 0 Å². The van der Waals surface area contributed by atoms with E-state index in [0.29, 0.717) is 17.8 Å².